The molecule has 3 heterocycles. The number of nitrogens with one attached hydrogen (secondary N) is 3. The average Bonchev–Trinajstić information content (AvgIpc) is 3.32. The quantitative estimate of drug-likeness (QED) is 0.354. The Bertz CT molecular complexity index is 1370. The minimum absolute atomic E-state index is 0.136. The zero-order valence-corrected chi connectivity index (χ0v) is 18.8. The minimum atomic E-state index is -4.54. The molecule has 3 N–H and O–H groups in total. The molecule has 4 rings (SSSR count). The van der Waals surface area contributed by atoms with E-state index in [9.17, 15) is 22.8 Å². The summed E-state index contributed by atoms with van der Waals surface area (Å²) in [6.07, 6.45) is -0.124. The monoisotopic (exact) mass is 496 g/mol. The molecule has 0 atom stereocenters. The predicted octanol–water partition coefficient (Wildman–Crippen LogP) is 4.74. The van der Waals surface area contributed by atoms with E-state index in [1.165, 1.54) is 19.3 Å². The van der Waals surface area contributed by atoms with E-state index in [2.05, 4.69) is 30.9 Å². The summed E-state index contributed by atoms with van der Waals surface area (Å²) in [5.74, 6) is -0.122. The van der Waals surface area contributed by atoms with Crippen molar-refractivity contribution < 1.29 is 27.2 Å². The summed E-state index contributed by atoms with van der Waals surface area (Å²) in [4.78, 5) is 35.3. The number of hydrogen-bond donors (Lipinski definition) is 3. The molecule has 0 saturated heterocycles. The first-order valence-corrected chi connectivity index (χ1v) is 10.5. The SMILES string of the molecule is CNC(=O)c1cc(Cc2ccc(NC(=O)Nc3ncc(-c4ccc(C(F)(F)F)nc4)o3)cc2)ccn1. The fraction of sp³-hybridized carbons (Fsp3) is 0.125. The number of carbonyl (C=O) groups is 2. The highest BCUT2D eigenvalue weighted by molar-refractivity contribution is 5.98. The Kier molecular flexibility index (Phi) is 6.95. The molecule has 0 aliphatic carbocycles. The van der Waals surface area contributed by atoms with Crippen molar-refractivity contribution in [3.63, 3.8) is 0 Å². The number of anilines is 2. The van der Waals surface area contributed by atoms with Gasteiger partial charge >= 0.3 is 18.2 Å². The van der Waals surface area contributed by atoms with Gasteiger partial charge in [0, 0.05) is 30.7 Å². The van der Waals surface area contributed by atoms with Gasteiger partial charge in [-0.2, -0.15) is 13.2 Å². The number of benzene rings is 1. The summed E-state index contributed by atoms with van der Waals surface area (Å²) in [5.41, 5.74) is 1.95. The number of halogens is 3. The summed E-state index contributed by atoms with van der Waals surface area (Å²) in [5, 5.41) is 7.59. The van der Waals surface area contributed by atoms with Crippen LogP contribution in [0.3, 0.4) is 0 Å². The van der Waals surface area contributed by atoms with Crippen molar-refractivity contribution in [2.45, 2.75) is 12.6 Å². The number of alkyl halides is 3. The highest BCUT2D eigenvalue weighted by Crippen LogP contribution is 2.29. The fourth-order valence-corrected chi connectivity index (χ4v) is 3.21. The molecule has 0 unspecified atom stereocenters. The molecular formula is C24H19F3N6O3. The van der Waals surface area contributed by atoms with Gasteiger partial charge in [0.05, 0.1) is 6.20 Å². The lowest BCUT2D eigenvalue weighted by atomic mass is 10.0. The van der Waals surface area contributed by atoms with Gasteiger partial charge in [0.1, 0.15) is 11.4 Å². The Morgan fingerprint density at radius 2 is 1.69 bits per heavy atom. The van der Waals surface area contributed by atoms with Gasteiger partial charge in [-0.15, -0.1) is 0 Å². The third kappa shape index (κ3) is 6.03. The standard InChI is InChI=1S/C24H19F3N6O3/c1-28-21(34)18-11-15(8-9-29-18)10-14-2-5-17(6-3-14)32-22(35)33-23-31-13-19(36-23)16-4-7-20(30-12-16)24(25,26)27/h2-9,11-13H,10H2,1H3,(H,28,34)(H2,31,32,33,35). The molecule has 12 heteroatoms. The van der Waals surface area contributed by atoms with E-state index in [1.807, 2.05) is 18.2 Å². The summed E-state index contributed by atoms with van der Waals surface area (Å²) in [7, 11) is 1.54. The van der Waals surface area contributed by atoms with Gasteiger partial charge < -0.3 is 15.1 Å². The van der Waals surface area contributed by atoms with Crippen molar-refractivity contribution >= 4 is 23.6 Å². The van der Waals surface area contributed by atoms with Gasteiger partial charge in [-0.25, -0.2) is 9.78 Å². The Balaban J connectivity index is 1.33. The van der Waals surface area contributed by atoms with Crippen molar-refractivity contribution in [1.82, 2.24) is 20.3 Å². The number of oxazole rings is 1. The summed E-state index contributed by atoms with van der Waals surface area (Å²) < 4.78 is 43.3. The normalized spacial score (nSPS) is 11.1. The van der Waals surface area contributed by atoms with E-state index in [0.29, 0.717) is 17.8 Å². The lowest BCUT2D eigenvalue weighted by Crippen LogP contribution is -2.19. The molecule has 0 aliphatic heterocycles. The highest BCUT2D eigenvalue weighted by Gasteiger charge is 2.32. The average molecular weight is 496 g/mol. The molecule has 0 aliphatic rings. The van der Waals surface area contributed by atoms with Crippen LogP contribution in [0.25, 0.3) is 11.3 Å². The zero-order valence-electron chi connectivity index (χ0n) is 18.8. The maximum Gasteiger partial charge on any atom is 0.433 e. The van der Waals surface area contributed by atoms with Crippen molar-refractivity contribution in [2.75, 3.05) is 17.7 Å². The molecule has 0 fully saturated rings. The summed E-state index contributed by atoms with van der Waals surface area (Å²) >= 11 is 0. The third-order valence-electron chi connectivity index (χ3n) is 4.97. The Morgan fingerprint density at radius 3 is 2.36 bits per heavy atom. The summed E-state index contributed by atoms with van der Waals surface area (Å²) in [6, 6.07) is 11.9. The van der Waals surface area contributed by atoms with Crippen LogP contribution in [0.2, 0.25) is 0 Å². The van der Waals surface area contributed by atoms with Crippen LogP contribution in [0.4, 0.5) is 29.7 Å². The molecule has 4 aromatic rings. The maximum absolute atomic E-state index is 12.7. The molecule has 3 aromatic heterocycles. The lowest BCUT2D eigenvalue weighted by Gasteiger charge is -2.07. The van der Waals surface area contributed by atoms with Crippen molar-refractivity contribution in [3.05, 3.63) is 89.6 Å². The second-order valence-corrected chi connectivity index (χ2v) is 7.54. The number of nitrogens with zero attached hydrogens (tertiary/aromatic N) is 3. The first-order valence-electron chi connectivity index (χ1n) is 10.5. The van der Waals surface area contributed by atoms with Crippen LogP contribution in [0.1, 0.15) is 27.3 Å². The maximum atomic E-state index is 12.7. The number of urea groups is 1. The first-order chi connectivity index (χ1) is 17.2. The van der Waals surface area contributed by atoms with Crippen molar-refractivity contribution in [2.24, 2.45) is 0 Å². The molecule has 9 nitrogen and oxygen atoms in total. The van der Waals surface area contributed by atoms with Crippen LogP contribution >= 0.6 is 0 Å². The van der Waals surface area contributed by atoms with E-state index in [0.717, 1.165) is 23.4 Å². The van der Waals surface area contributed by atoms with Gasteiger partial charge in [-0.05, 0) is 53.9 Å². The van der Waals surface area contributed by atoms with Crippen LogP contribution in [-0.4, -0.2) is 33.9 Å². The van der Waals surface area contributed by atoms with E-state index in [1.54, 1.807) is 24.4 Å². The second-order valence-electron chi connectivity index (χ2n) is 7.54. The predicted molar refractivity (Wildman–Crippen MR) is 124 cm³/mol. The van der Waals surface area contributed by atoms with E-state index in [-0.39, 0.29) is 23.2 Å². The van der Waals surface area contributed by atoms with Gasteiger partial charge in [-0.1, -0.05) is 12.1 Å². The molecule has 0 spiro atoms. The van der Waals surface area contributed by atoms with E-state index < -0.39 is 17.9 Å². The third-order valence-corrected chi connectivity index (χ3v) is 4.97. The first kappa shape index (κ1) is 24.4. The number of aromatic nitrogens is 3. The Morgan fingerprint density at radius 1 is 0.917 bits per heavy atom. The number of amides is 3. The molecule has 184 valence electrons. The van der Waals surface area contributed by atoms with Crippen molar-refractivity contribution in [3.8, 4) is 11.3 Å². The molecule has 1 aromatic carbocycles. The van der Waals surface area contributed by atoms with Crippen LogP contribution in [-0.2, 0) is 12.6 Å². The zero-order chi connectivity index (χ0) is 25.7. The van der Waals surface area contributed by atoms with Gasteiger partial charge in [0.25, 0.3) is 5.91 Å². The molecule has 36 heavy (non-hydrogen) atoms. The van der Waals surface area contributed by atoms with E-state index >= 15 is 0 Å². The molecule has 3 amide bonds. The number of pyridine rings is 2. The van der Waals surface area contributed by atoms with Gasteiger partial charge in [0.15, 0.2) is 5.76 Å². The summed E-state index contributed by atoms with van der Waals surface area (Å²) in [6.45, 7) is 0. The Hall–Kier alpha value is -4.74. The Labute approximate surface area is 202 Å². The van der Waals surface area contributed by atoms with Gasteiger partial charge in [0.2, 0.25) is 0 Å². The largest absolute Gasteiger partial charge is 0.433 e. The second kappa shape index (κ2) is 10.3. The molecular weight excluding hydrogens is 477 g/mol. The molecule has 0 bridgehead atoms. The van der Waals surface area contributed by atoms with Gasteiger partial charge in [-0.3, -0.25) is 20.1 Å². The van der Waals surface area contributed by atoms with Crippen LogP contribution in [0.15, 0.2) is 71.5 Å². The molecule has 0 saturated carbocycles. The minimum Gasteiger partial charge on any atom is -0.423 e. The number of hydrogen-bond acceptors (Lipinski definition) is 6. The smallest absolute Gasteiger partial charge is 0.423 e. The topological polar surface area (TPSA) is 122 Å². The van der Waals surface area contributed by atoms with Crippen LogP contribution in [0.5, 0.6) is 0 Å². The highest BCUT2D eigenvalue weighted by atomic mass is 19.4. The lowest BCUT2D eigenvalue weighted by molar-refractivity contribution is -0.141. The number of carbonyl (C=O) groups excluding carboxylic acids is 2. The van der Waals surface area contributed by atoms with E-state index in [4.69, 9.17) is 4.42 Å². The van der Waals surface area contributed by atoms with Crippen LogP contribution in [0, 0.1) is 0 Å². The molecule has 0 radical (unpaired) electrons. The van der Waals surface area contributed by atoms with Crippen LogP contribution < -0.4 is 16.0 Å². The van der Waals surface area contributed by atoms with Crippen molar-refractivity contribution in [1.29, 1.82) is 0 Å². The fourth-order valence-electron chi connectivity index (χ4n) is 3.21. The number of rotatable bonds is 6.